The van der Waals surface area contributed by atoms with Gasteiger partial charge in [-0.15, -0.1) is 0 Å². The zero-order chi connectivity index (χ0) is 17.1. The van der Waals surface area contributed by atoms with Crippen molar-refractivity contribution in [2.24, 2.45) is 11.7 Å². The van der Waals surface area contributed by atoms with Gasteiger partial charge in [-0.2, -0.15) is 0 Å². The molecule has 24 heavy (non-hydrogen) atoms. The lowest BCUT2D eigenvalue weighted by atomic mass is 9.92. The molecule has 1 aromatic carbocycles. The average molecular weight is 351 g/mol. The molecule has 0 radical (unpaired) electrons. The first-order valence-electron chi connectivity index (χ1n) is 8.36. The van der Waals surface area contributed by atoms with E-state index in [1.807, 2.05) is 29.2 Å². The zero-order valence-electron chi connectivity index (χ0n) is 13.5. The fourth-order valence-corrected chi connectivity index (χ4v) is 3.72. The van der Waals surface area contributed by atoms with Crippen LogP contribution in [0.4, 0.5) is 0 Å². The van der Waals surface area contributed by atoms with Crippen LogP contribution in [0.15, 0.2) is 24.3 Å². The number of nitrogens with one attached hydrogen (secondary N) is 2. The number of carbonyl (C=O) groups is 2. The van der Waals surface area contributed by atoms with E-state index >= 15 is 0 Å². The van der Waals surface area contributed by atoms with Crippen LogP contribution in [0.1, 0.15) is 37.3 Å². The van der Waals surface area contributed by atoms with Crippen LogP contribution in [0.25, 0.3) is 0 Å². The molecule has 0 aliphatic carbocycles. The largest absolute Gasteiger partial charge is 0.370 e. The lowest BCUT2D eigenvalue weighted by Crippen LogP contribution is -2.48. The Labute approximate surface area is 146 Å². The highest BCUT2D eigenvalue weighted by Gasteiger charge is 2.34. The molecule has 0 aromatic heterocycles. The van der Waals surface area contributed by atoms with Gasteiger partial charge in [0.05, 0.1) is 0 Å². The predicted octanol–water partition coefficient (Wildman–Crippen LogP) is 1.36. The minimum Gasteiger partial charge on any atom is -0.370 e. The molecule has 2 aliphatic rings. The molecule has 2 saturated heterocycles. The van der Waals surface area contributed by atoms with E-state index in [-0.39, 0.29) is 23.9 Å². The van der Waals surface area contributed by atoms with Gasteiger partial charge in [0.15, 0.2) is 0 Å². The van der Waals surface area contributed by atoms with E-state index in [0.29, 0.717) is 36.9 Å². The van der Waals surface area contributed by atoms with Crippen molar-refractivity contribution in [3.05, 3.63) is 34.9 Å². The van der Waals surface area contributed by atoms with E-state index in [1.54, 1.807) is 0 Å². The van der Waals surface area contributed by atoms with Gasteiger partial charge in [0.25, 0.3) is 0 Å². The number of likely N-dealkylation sites (tertiary alicyclic amines) is 1. The second kappa shape index (κ2) is 7.51. The van der Waals surface area contributed by atoms with Gasteiger partial charge < -0.3 is 10.6 Å². The Balaban J connectivity index is 1.53. The van der Waals surface area contributed by atoms with Crippen molar-refractivity contribution in [1.82, 2.24) is 15.8 Å². The summed E-state index contributed by atoms with van der Waals surface area (Å²) < 4.78 is 0. The molecule has 0 saturated carbocycles. The topological polar surface area (TPSA) is 87.5 Å². The van der Waals surface area contributed by atoms with E-state index in [0.717, 1.165) is 18.4 Å². The van der Waals surface area contributed by atoms with Crippen molar-refractivity contribution in [2.45, 2.75) is 37.8 Å². The van der Waals surface area contributed by atoms with Gasteiger partial charge in [0, 0.05) is 30.6 Å². The predicted molar refractivity (Wildman–Crippen MR) is 92.0 cm³/mol. The second-order valence-electron chi connectivity index (χ2n) is 6.62. The Bertz CT molecular complexity index is 616. The maximum absolute atomic E-state index is 12.7. The van der Waals surface area contributed by atoms with E-state index in [4.69, 9.17) is 17.3 Å². The van der Waals surface area contributed by atoms with E-state index in [1.165, 1.54) is 0 Å². The summed E-state index contributed by atoms with van der Waals surface area (Å²) in [6.07, 6.45) is 2.79. The minimum absolute atomic E-state index is 0.0741. The summed E-state index contributed by atoms with van der Waals surface area (Å²) in [5.74, 6) is 0.163. The smallest absolute Gasteiger partial charge is 0.241 e. The third kappa shape index (κ3) is 4.06. The number of primary amides is 1. The molecule has 4 N–H and O–H groups in total. The van der Waals surface area contributed by atoms with Crippen LogP contribution in [-0.4, -0.2) is 35.8 Å². The molecular formula is C17H23ClN4O2. The number of hydrogen-bond acceptors (Lipinski definition) is 4. The monoisotopic (exact) mass is 350 g/mol. The van der Waals surface area contributed by atoms with Crippen molar-refractivity contribution in [2.75, 3.05) is 13.1 Å². The summed E-state index contributed by atoms with van der Waals surface area (Å²) in [5, 5.41) is 0.695. The summed E-state index contributed by atoms with van der Waals surface area (Å²) in [7, 11) is 0. The fraction of sp³-hybridized carbons (Fsp3) is 0.529. The highest BCUT2D eigenvalue weighted by atomic mass is 35.5. The molecule has 2 atom stereocenters. The summed E-state index contributed by atoms with van der Waals surface area (Å²) in [6, 6.07) is 7.52. The van der Waals surface area contributed by atoms with Crippen LogP contribution in [0, 0.1) is 5.92 Å². The third-order valence-electron chi connectivity index (χ3n) is 4.87. The SMILES string of the molecule is NC(=O)CC1CCN(C(=O)C2CC(c3cccc(Cl)c3)NN2)CC1. The van der Waals surface area contributed by atoms with Crippen LogP contribution < -0.4 is 16.6 Å². The molecule has 7 heteroatoms. The zero-order valence-corrected chi connectivity index (χ0v) is 14.3. The van der Waals surface area contributed by atoms with Crippen LogP contribution >= 0.6 is 11.6 Å². The first-order valence-corrected chi connectivity index (χ1v) is 8.74. The maximum Gasteiger partial charge on any atom is 0.241 e. The van der Waals surface area contributed by atoms with Gasteiger partial charge in [-0.25, -0.2) is 10.9 Å². The Morgan fingerprint density at radius 2 is 2.00 bits per heavy atom. The number of rotatable bonds is 4. The number of halogens is 1. The molecule has 2 aliphatic heterocycles. The van der Waals surface area contributed by atoms with E-state index < -0.39 is 0 Å². The number of hydrazine groups is 1. The molecule has 130 valence electrons. The van der Waals surface area contributed by atoms with Crippen molar-refractivity contribution in [1.29, 1.82) is 0 Å². The van der Waals surface area contributed by atoms with Gasteiger partial charge in [0.2, 0.25) is 11.8 Å². The quantitative estimate of drug-likeness (QED) is 0.765. The Morgan fingerprint density at radius 1 is 1.25 bits per heavy atom. The molecule has 3 rings (SSSR count). The summed E-state index contributed by atoms with van der Waals surface area (Å²) in [4.78, 5) is 25.6. The molecule has 6 nitrogen and oxygen atoms in total. The maximum atomic E-state index is 12.7. The summed E-state index contributed by atoms with van der Waals surface area (Å²) in [6.45, 7) is 1.38. The number of hydrogen-bond donors (Lipinski definition) is 3. The summed E-state index contributed by atoms with van der Waals surface area (Å²) >= 11 is 6.04. The molecule has 2 heterocycles. The Hall–Kier alpha value is -1.63. The molecule has 2 fully saturated rings. The minimum atomic E-state index is -0.259. The normalized spacial score (nSPS) is 25.0. The van der Waals surface area contributed by atoms with Crippen LogP contribution in [-0.2, 0) is 9.59 Å². The van der Waals surface area contributed by atoms with Crippen molar-refractivity contribution in [3.8, 4) is 0 Å². The first-order chi connectivity index (χ1) is 11.5. The number of nitrogens with two attached hydrogens (primary N) is 1. The highest BCUT2D eigenvalue weighted by molar-refractivity contribution is 6.30. The fourth-order valence-electron chi connectivity index (χ4n) is 3.52. The summed E-state index contributed by atoms with van der Waals surface area (Å²) in [5.41, 5.74) is 12.6. The average Bonchev–Trinajstić information content (AvgIpc) is 3.04. The van der Waals surface area contributed by atoms with Gasteiger partial charge in [-0.1, -0.05) is 23.7 Å². The number of benzene rings is 1. The molecule has 2 unspecified atom stereocenters. The number of carbonyl (C=O) groups excluding carboxylic acids is 2. The van der Waals surface area contributed by atoms with Gasteiger partial charge >= 0.3 is 0 Å². The van der Waals surface area contributed by atoms with Gasteiger partial charge in [-0.05, 0) is 42.9 Å². The molecule has 0 spiro atoms. The molecule has 0 bridgehead atoms. The van der Waals surface area contributed by atoms with E-state index in [9.17, 15) is 9.59 Å². The number of piperidine rings is 1. The molecular weight excluding hydrogens is 328 g/mol. The van der Waals surface area contributed by atoms with Crippen LogP contribution in [0.5, 0.6) is 0 Å². The Morgan fingerprint density at radius 3 is 2.67 bits per heavy atom. The van der Waals surface area contributed by atoms with Gasteiger partial charge in [-0.3, -0.25) is 9.59 Å². The lowest BCUT2D eigenvalue weighted by Gasteiger charge is -2.33. The second-order valence-corrected chi connectivity index (χ2v) is 7.06. The van der Waals surface area contributed by atoms with Crippen LogP contribution in [0.3, 0.4) is 0 Å². The molecule has 1 aromatic rings. The number of amides is 2. The number of nitrogens with zero attached hydrogens (tertiary/aromatic N) is 1. The molecule has 2 amide bonds. The van der Waals surface area contributed by atoms with Crippen molar-refractivity contribution in [3.63, 3.8) is 0 Å². The Kier molecular flexibility index (Phi) is 5.38. The standard InChI is InChI=1S/C17H23ClN4O2/c18-13-3-1-2-12(9-13)14-10-15(21-20-14)17(24)22-6-4-11(5-7-22)8-16(19)23/h1-3,9,11,14-15,20-21H,4-8,10H2,(H2,19,23). The van der Waals surface area contributed by atoms with Gasteiger partial charge in [0.1, 0.15) is 6.04 Å². The lowest BCUT2D eigenvalue weighted by molar-refractivity contribution is -0.134. The third-order valence-corrected chi connectivity index (χ3v) is 5.10. The van der Waals surface area contributed by atoms with Crippen molar-refractivity contribution >= 4 is 23.4 Å². The first kappa shape index (κ1) is 17.2. The van der Waals surface area contributed by atoms with Crippen LogP contribution in [0.2, 0.25) is 5.02 Å². The van der Waals surface area contributed by atoms with Crippen molar-refractivity contribution < 1.29 is 9.59 Å². The highest BCUT2D eigenvalue weighted by Crippen LogP contribution is 2.27. The van der Waals surface area contributed by atoms with E-state index in [2.05, 4.69) is 10.9 Å².